The summed E-state index contributed by atoms with van der Waals surface area (Å²) in [7, 11) is 0. The monoisotopic (exact) mass is 307 g/mol. The van der Waals surface area contributed by atoms with Crippen molar-refractivity contribution in [2.75, 3.05) is 19.7 Å². The quantitative estimate of drug-likeness (QED) is 0.854. The molecule has 0 atom stereocenters. The summed E-state index contributed by atoms with van der Waals surface area (Å²) in [5.41, 5.74) is 2.84. The van der Waals surface area contributed by atoms with Gasteiger partial charge >= 0.3 is 0 Å². The van der Waals surface area contributed by atoms with Crippen LogP contribution >= 0.6 is 12.4 Å². The maximum absolute atomic E-state index is 13.4. The first-order valence-electron chi connectivity index (χ1n) is 6.99. The fourth-order valence-corrected chi connectivity index (χ4v) is 2.59. The molecule has 0 saturated carbocycles. The van der Waals surface area contributed by atoms with Crippen molar-refractivity contribution in [2.45, 2.75) is 13.0 Å². The minimum atomic E-state index is -0.295. The molecule has 0 fully saturated rings. The molecule has 2 nitrogen and oxygen atoms in total. The van der Waals surface area contributed by atoms with Crippen LogP contribution in [0, 0.1) is 5.82 Å². The van der Waals surface area contributed by atoms with Crippen LogP contribution in [-0.2, 0) is 13.0 Å². The number of nitrogens with zero attached hydrogens (tertiary/aromatic N) is 1. The third-order valence-electron chi connectivity index (χ3n) is 3.71. The summed E-state index contributed by atoms with van der Waals surface area (Å²) in [6.07, 6.45) is 1.08. The van der Waals surface area contributed by atoms with Gasteiger partial charge in [0, 0.05) is 19.6 Å². The molecule has 0 N–H and O–H groups in total. The van der Waals surface area contributed by atoms with Crippen LogP contribution in [-0.4, -0.2) is 24.6 Å². The Hall–Kier alpha value is -1.58. The zero-order chi connectivity index (χ0) is 13.8. The van der Waals surface area contributed by atoms with Crippen LogP contribution in [0.3, 0.4) is 0 Å². The highest BCUT2D eigenvalue weighted by atomic mass is 35.5. The summed E-state index contributed by atoms with van der Waals surface area (Å²) in [5.74, 6) is 0.0430. The van der Waals surface area contributed by atoms with E-state index in [-0.39, 0.29) is 18.2 Å². The lowest BCUT2D eigenvalue weighted by Crippen LogP contribution is -2.33. The van der Waals surface area contributed by atoms with E-state index in [4.69, 9.17) is 4.74 Å². The Morgan fingerprint density at radius 2 is 1.71 bits per heavy atom. The molecule has 0 radical (unpaired) electrons. The lowest BCUT2D eigenvalue weighted by molar-refractivity contribution is 0.192. The van der Waals surface area contributed by atoms with Crippen molar-refractivity contribution in [3.8, 4) is 5.75 Å². The minimum absolute atomic E-state index is 0. The summed E-state index contributed by atoms with van der Waals surface area (Å²) in [5, 5.41) is 0. The first kappa shape index (κ1) is 15.8. The Kier molecular flexibility index (Phi) is 5.59. The van der Waals surface area contributed by atoms with Crippen molar-refractivity contribution in [1.82, 2.24) is 4.90 Å². The molecule has 112 valence electrons. The standard InChI is InChI=1S/C17H18FNO.ClH/c18-16-7-3-4-8-17(16)20-12-11-19-10-9-14-5-1-2-6-15(14)13-19;/h1-8H,9-13H2;1H. The molecule has 2 aromatic rings. The van der Waals surface area contributed by atoms with Gasteiger partial charge < -0.3 is 4.74 Å². The number of hydrogen-bond acceptors (Lipinski definition) is 2. The largest absolute Gasteiger partial charge is 0.489 e. The van der Waals surface area contributed by atoms with Gasteiger partial charge in [-0.25, -0.2) is 4.39 Å². The van der Waals surface area contributed by atoms with Gasteiger partial charge in [-0.1, -0.05) is 36.4 Å². The van der Waals surface area contributed by atoms with Gasteiger partial charge in [0.05, 0.1) is 0 Å². The lowest BCUT2D eigenvalue weighted by Gasteiger charge is -2.28. The smallest absolute Gasteiger partial charge is 0.165 e. The van der Waals surface area contributed by atoms with Crippen molar-refractivity contribution in [3.63, 3.8) is 0 Å². The number of para-hydroxylation sites is 1. The Morgan fingerprint density at radius 1 is 1.00 bits per heavy atom. The predicted octanol–water partition coefficient (Wildman–Crippen LogP) is 3.68. The first-order chi connectivity index (χ1) is 9.83. The van der Waals surface area contributed by atoms with Crippen molar-refractivity contribution >= 4 is 12.4 Å². The third-order valence-corrected chi connectivity index (χ3v) is 3.71. The van der Waals surface area contributed by atoms with E-state index in [2.05, 4.69) is 29.2 Å². The van der Waals surface area contributed by atoms with Gasteiger partial charge in [0.2, 0.25) is 0 Å². The van der Waals surface area contributed by atoms with Gasteiger partial charge in [0.25, 0.3) is 0 Å². The second-order valence-electron chi connectivity index (χ2n) is 5.07. The molecule has 0 saturated heterocycles. The lowest BCUT2D eigenvalue weighted by atomic mass is 10.0. The normalized spacial score (nSPS) is 14.1. The topological polar surface area (TPSA) is 12.5 Å². The third kappa shape index (κ3) is 3.96. The number of fused-ring (bicyclic) bond motifs is 1. The van der Waals surface area contributed by atoms with Crippen molar-refractivity contribution in [3.05, 3.63) is 65.5 Å². The van der Waals surface area contributed by atoms with Gasteiger partial charge in [-0.05, 0) is 29.7 Å². The van der Waals surface area contributed by atoms with E-state index in [1.165, 1.54) is 17.2 Å². The molecular weight excluding hydrogens is 289 g/mol. The number of ether oxygens (including phenoxy) is 1. The van der Waals surface area contributed by atoms with Gasteiger partial charge in [-0.2, -0.15) is 0 Å². The molecule has 21 heavy (non-hydrogen) atoms. The number of halogens is 2. The molecule has 0 spiro atoms. The van der Waals surface area contributed by atoms with Gasteiger partial charge in [0.1, 0.15) is 6.61 Å². The van der Waals surface area contributed by atoms with Crippen molar-refractivity contribution in [1.29, 1.82) is 0 Å². The summed E-state index contributed by atoms with van der Waals surface area (Å²) >= 11 is 0. The van der Waals surface area contributed by atoms with E-state index in [9.17, 15) is 4.39 Å². The molecular formula is C17H19ClFNO. The second kappa shape index (κ2) is 7.43. The Bertz CT molecular complexity index is 591. The molecule has 1 aliphatic rings. The average Bonchev–Trinajstić information content (AvgIpc) is 2.49. The van der Waals surface area contributed by atoms with Gasteiger partial charge in [-0.15, -0.1) is 12.4 Å². The highest BCUT2D eigenvalue weighted by Crippen LogP contribution is 2.19. The predicted molar refractivity (Wildman–Crippen MR) is 84.6 cm³/mol. The zero-order valence-corrected chi connectivity index (χ0v) is 12.6. The van der Waals surface area contributed by atoms with Crippen LogP contribution in [0.4, 0.5) is 4.39 Å². The molecule has 0 amide bonds. The van der Waals surface area contributed by atoms with Gasteiger partial charge in [0.15, 0.2) is 11.6 Å². The minimum Gasteiger partial charge on any atom is -0.489 e. The summed E-state index contributed by atoms with van der Waals surface area (Å²) in [4.78, 5) is 2.35. The summed E-state index contributed by atoms with van der Waals surface area (Å²) < 4.78 is 18.9. The van der Waals surface area contributed by atoms with E-state index in [0.29, 0.717) is 12.4 Å². The Balaban J connectivity index is 0.00000161. The van der Waals surface area contributed by atoms with E-state index < -0.39 is 0 Å². The molecule has 1 heterocycles. The van der Waals surface area contributed by atoms with E-state index in [1.54, 1.807) is 18.2 Å². The summed E-state index contributed by atoms with van der Waals surface area (Å²) in [6.45, 7) is 3.33. The highest BCUT2D eigenvalue weighted by molar-refractivity contribution is 5.85. The van der Waals surface area contributed by atoms with Crippen molar-refractivity contribution in [2.24, 2.45) is 0 Å². The van der Waals surface area contributed by atoms with Crippen LogP contribution in [0.2, 0.25) is 0 Å². The van der Waals surface area contributed by atoms with Crippen LogP contribution in [0.5, 0.6) is 5.75 Å². The number of hydrogen-bond donors (Lipinski definition) is 0. The maximum Gasteiger partial charge on any atom is 0.165 e. The van der Waals surface area contributed by atoms with Crippen LogP contribution in [0.15, 0.2) is 48.5 Å². The Labute approximate surface area is 130 Å². The van der Waals surface area contributed by atoms with Crippen molar-refractivity contribution < 1.29 is 9.13 Å². The molecule has 4 heteroatoms. The maximum atomic E-state index is 13.4. The molecule has 2 aromatic carbocycles. The van der Waals surface area contributed by atoms with Crippen LogP contribution in [0.1, 0.15) is 11.1 Å². The molecule has 1 aliphatic heterocycles. The molecule has 0 unspecified atom stereocenters. The Morgan fingerprint density at radius 3 is 2.52 bits per heavy atom. The zero-order valence-electron chi connectivity index (χ0n) is 11.8. The molecule has 3 rings (SSSR count). The second-order valence-corrected chi connectivity index (χ2v) is 5.07. The van der Waals surface area contributed by atoms with Gasteiger partial charge in [-0.3, -0.25) is 4.90 Å². The average molecular weight is 308 g/mol. The van der Waals surface area contributed by atoms with E-state index in [0.717, 1.165) is 26.1 Å². The fraction of sp³-hybridized carbons (Fsp3) is 0.294. The van der Waals surface area contributed by atoms with Crippen LogP contribution in [0.25, 0.3) is 0 Å². The SMILES string of the molecule is Cl.Fc1ccccc1OCCN1CCc2ccccc2C1. The van der Waals surface area contributed by atoms with E-state index >= 15 is 0 Å². The number of benzene rings is 2. The van der Waals surface area contributed by atoms with E-state index in [1.807, 2.05) is 0 Å². The number of rotatable bonds is 4. The van der Waals surface area contributed by atoms with Crippen LogP contribution < -0.4 is 4.74 Å². The summed E-state index contributed by atoms with van der Waals surface area (Å²) in [6, 6.07) is 15.1. The highest BCUT2D eigenvalue weighted by Gasteiger charge is 2.15. The molecule has 0 aromatic heterocycles. The molecule has 0 aliphatic carbocycles. The molecule has 0 bridgehead atoms. The first-order valence-corrected chi connectivity index (χ1v) is 6.99. The fourth-order valence-electron chi connectivity index (χ4n) is 2.59.